The molecule has 0 N–H and O–H groups in total. The van der Waals surface area contributed by atoms with Crippen LogP contribution in [0.1, 0.15) is 123 Å². The molecule has 0 bridgehead atoms. The van der Waals surface area contributed by atoms with Gasteiger partial charge in [-0.25, -0.2) is 0 Å². The summed E-state index contributed by atoms with van der Waals surface area (Å²) in [7, 11) is 0. The molecule has 0 radical (unpaired) electrons. The summed E-state index contributed by atoms with van der Waals surface area (Å²) in [6, 6.07) is 21.3. The fraction of sp³-hybridized carbons (Fsp3) is 0.468. The Hall–Kier alpha value is -4.00. The third-order valence-electron chi connectivity index (χ3n) is 11.0. The van der Waals surface area contributed by atoms with E-state index in [9.17, 15) is 0 Å². The first-order valence-electron chi connectivity index (χ1n) is 20.6. The zero-order valence-electron chi connectivity index (χ0n) is 33.3. The predicted octanol–water partition coefficient (Wildman–Crippen LogP) is 12.0. The molecule has 6 nitrogen and oxygen atoms in total. The van der Waals surface area contributed by atoms with Crippen molar-refractivity contribution in [3.05, 3.63) is 106 Å². The van der Waals surface area contributed by atoms with Crippen LogP contribution in [0.25, 0.3) is 33.8 Å². The molecule has 0 fully saturated rings. The van der Waals surface area contributed by atoms with Gasteiger partial charge in [-0.2, -0.15) is 9.61 Å². The molecule has 2 aromatic heterocycles. The van der Waals surface area contributed by atoms with Gasteiger partial charge in [0.05, 0.1) is 6.61 Å². The number of anilines is 1. The van der Waals surface area contributed by atoms with Crippen molar-refractivity contribution >= 4 is 39.8 Å². The van der Waals surface area contributed by atoms with Crippen LogP contribution in [-0.2, 0) is 16.6 Å². The quantitative estimate of drug-likeness (QED) is 0.0743. The number of rotatable bonds is 20. The fourth-order valence-corrected chi connectivity index (χ4v) is 8.12. The first kappa shape index (κ1) is 39.7. The van der Waals surface area contributed by atoms with E-state index in [1.165, 1.54) is 85.5 Å². The average Bonchev–Trinajstić information content (AvgIpc) is 3.80. The van der Waals surface area contributed by atoms with E-state index in [2.05, 4.69) is 104 Å². The molecule has 0 amide bonds. The van der Waals surface area contributed by atoms with Gasteiger partial charge in [0.15, 0.2) is 11.5 Å². The van der Waals surface area contributed by atoms with E-state index in [0.29, 0.717) is 18.1 Å². The Kier molecular flexibility index (Phi) is 14.0. The molecule has 1 aliphatic rings. The molecule has 3 heterocycles. The number of unbranched alkanes of at least 4 members (excludes halogenated alkanes) is 10. The lowest BCUT2D eigenvalue weighted by Gasteiger charge is -2.27. The molecule has 0 spiro atoms. The van der Waals surface area contributed by atoms with Crippen molar-refractivity contribution in [2.75, 3.05) is 24.7 Å². The molecule has 7 heteroatoms. The second-order valence-corrected chi connectivity index (χ2v) is 16.0. The van der Waals surface area contributed by atoms with Gasteiger partial charge < -0.3 is 9.64 Å². The Morgan fingerprint density at radius 3 is 2.24 bits per heavy atom. The van der Waals surface area contributed by atoms with E-state index in [-0.39, 0.29) is 5.41 Å². The minimum absolute atomic E-state index is 0.151. The van der Waals surface area contributed by atoms with Crippen molar-refractivity contribution in [3.63, 3.8) is 0 Å². The van der Waals surface area contributed by atoms with Gasteiger partial charge in [0.1, 0.15) is 5.69 Å². The molecule has 1 aliphatic heterocycles. The molecular formula is C47H60ClN5O. The monoisotopic (exact) mass is 745 g/mol. The Morgan fingerprint density at radius 2 is 1.50 bits per heavy atom. The van der Waals surface area contributed by atoms with Crippen LogP contribution in [-0.4, -0.2) is 39.6 Å². The van der Waals surface area contributed by atoms with Crippen LogP contribution >= 0.6 is 11.6 Å². The summed E-state index contributed by atoms with van der Waals surface area (Å²) in [4.78, 5) is 2.54. The number of allylic oxidation sites excluding steroid dienone is 4. The Bertz CT molecular complexity index is 2090. The Balaban J connectivity index is 1.20. The highest BCUT2D eigenvalue weighted by atomic mass is 35.5. The third-order valence-corrected chi connectivity index (χ3v) is 11.2. The Labute approximate surface area is 328 Å². The smallest absolute Gasteiger partial charge is 0.187 e. The lowest BCUT2D eigenvalue weighted by molar-refractivity contribution is 0.131. The Morgan fingerprint density at radius 1 is 0.796 bits per heavy atom. The van der Waals surface area contributed by atoms with Crippen LogP contribution in [0.5, 0.6) is 0 Å². The lowest BCUT2D eigenvalue weighted by Crippen LogP contribution is -2.27. The van der Waals surface area contributed by atoms with E-state index in [0.717, 1.165) is 65.9 Å². The van der Waals surface area contributed by atoms with E-state index in [4.69, 9.17) is 21.4 Å². The van der Waals surface area contributed by atoms with Crippen molar-refractivity contribution in [3.8, 4) is 11.3 Å². The number of nitrogens with zero attached hydrogens (tertiary/aromatic N) is 5. The van der Waals surface area contributed by atoms with Crippen molar-refractivity contribution in [2.45, 2.75) is 124 Å². The van der Waals surface area contributed by atoms with Gasteiger partial charge in [-0.1, -0.05) is 158 Å². The van der Waals surface area contributed by atoms with Crippen LogP contribution in [0.15, 0.2) is 84.1 Å². The number of hydrogen-bond acceptors (Lipinski definition) is 5. The normalized spacial score (nSPS) is 15.4. The summed E-state index contributed by atoms with van der Waals surface area (Å²) in [5, 5.41) is 18.6. The summed E-state index contributed by atoms with van der Waals surface area (Å²) < 4.78 is 7.96. The molecule has 0 saturated heterocycles. The molecule has 3 aromatic carbocycles. The average molecular weight is 746 g/mol. The van der Waals surface area contributed by atoms with Gasteiger partial charge in [0.25, 0.3) is 0 Å². The topological polar surface area (TPSA) is 55.6 Å². The van der Waals surface area contributed by atoms with Gasteiger partial charge in [-0.15, -0.1) is 10.2 Å². The molecule has 0 atom stereocenters. The van der Waals surface area contributed by atoms with Gasteiger partial charge in [-0.3, -0.25) is 0 Å². The first-order chi connectivity index (χ1) is 26.3. The van der Waals surface area contributed by atoms with E-state index in [1.54, 1.807) is 0 Å². The highest BCUT2D eigenvalue weighted by Crippen LogP contribution is 2.50. The number of halogens is 1. The maximum atomic E-state index is 6.30. The van der Waals surface area contributed by atoms with Gasteiger partial charge >= 0.3 is 0 Å². The number of benzene rings is 3. The van der Waals surface area contributed by atoms with Crippen LogP contribution in [0.2, 0.25) is 5.02 Å². The van der Waals surface area contributed by atoms with E-state index < -0.39 is 0 Å². The van der Waals surface area contributed by atoms with E-state index >= 15 is 0 Å². The van der Waals surface area contributed by atoms with Crippen molar-refractivity contribution < 1.29 is 4.74 Å². The molecule has 0 aliphatic carbocycles. The minimum Gasteiger partial charge on any atom is -0.381 e. The molecule has 54 heavy (non-hydrogen) atoms. The minimum atomic E-state index is -0.151. The number of ether oxygens (including phenoxy) is 1. The number of aromatic nitrogens is 4. The fourth-order valence-electron chi connectivity index (χ4n) is 7.99. The highest BCUT2D eigenvalue weighted by molar-refractivity contribution is 6.30. The summed E-state index contributed by atoms with van der Waals surface area (Å²) in [5.74, 6) is 0.816. The zero-order valence-corrected chi connectivity index (χ0v) is 34.1. The number of fused-ring (bicyclic) bond motifs is 4. The number of hydrogen-bond donors (Lipinski definition) is 0. The van der Waals surface area contributed by atoms with Crippen LogP contribution < -0.4 is 10.1 Å². The second-order valence-electron chi connectivity index (χ2n) is 15.6. The SMILES string of the molecule is CCCCCCCCCCCCOCCc1nnc2\c(=C/C(C)=C/C=C3/N(CCCC)c4ccc5ccccc5c4C3(C)C)c(-c3ccc(Cl)cc3)nn12. The molecule has 6 rings (SSSR count). The van der Waals surface area contributed by atoms with Crippen molar-refractivity contribution in [2.24, 2.45) is 0 Å². The molecule has 286 valence electrons. The van der Waals surface area contributed by atoms with Crippen molar-refractivity contribution in [1.82, 2.24) is 19.8 Å². The first-order valence-corrected chi connectivity index (χ1v) is 21.0. The van der Waals surface area contributed by atoms with Crippen LogP contribution in [0.3, 0.4) is 0 Å². The standard InChI is InChI=1S/C47H60ClN5O/c1-6-8-10-11-12-13-14-15-16-19-32-54-33-30-43-49-50-46-40(45(51-53(43)46)37-23-26-38(48)27-24-37)34-35(3)22-29-42-47(4,5)44-39-21-18-17-20-36(39)25-28-41(44)52(42)31-9-7-2/h17-18,20-29,34H,6-16,19,30-33H2,1-5H3/b35-22+,40-34-,42-29+. The molecule has 5 aromatic rings. The van der Waals surface area contributed by atoms with Gasteiger partial charge in [0.2, 0.25) is 0 Å². The van der Waals surface area contributed by atoms with Crippen LogP contribution in [0, 0.1) is 0 Å². The molecular weight excluding hydrogens is 686 g/mol. The zero-order chi connectivity index (χ0) is 37.9. The van der Waals surface area contributed by atoms with Gasteiger partial charge in [0, 0.05) is 52.2 Å². The summed E-state index contributed by atoms with van der Waals surface area (Å²) in [5.41, 5.74) is 7.64. The summed E-state index contributed by atoms with van der Waals surface area (Å²) in [6.07, 6.45) is 22.9. The lowest BCUT2D eigenvalue weighted by atomic mass is 9.81. The largest absolute Gasteiger partial charge is 0.381 e. The van der Waals surface area contributed by atoms with Gasteiger partial charge in [-0.05, 0) is 66.5 Å². The van der Waals surface area contributed by atoms with E-state index in [1.807, 2.05) is 28.8 Å². The molecule has 0 saturated carbocycles. The summed E-state index contributed by atoms with van der Waals surface area (Å²) in [6.45, 7) is 13.8. The predicted molar refractivity (Wildman–Crippen MR) is 228 cm³/mol. The maximum absolute atomic E-state index is 6.30. The highest BCUT2D eigenvalue weighted by Gasteiger charge is 2.40. The van der Waals surface area contributed by atoms with Crippen LogP contribution in [0.4, 0.5) is 5.69 Å². The molecule has 0 unspecified atom stereocenters. The maximum Gasteiger partial charge on any atom is 0.187 e. The third kappa shape index (κ3) is 9.26. The van der Waals surface area contributed by atoms with Crippen molar-refractivity contribution in [1.29, 1.82) is 0 Å². The summed E-state index contributed by atoms with van der Waals surface area (Å²) >= 11 is 6.30. The second kappa shape index (κ2) is 19.0.